The largest absolute Gasteiger partial charge is 0.333 e. The zero-order chi connectivity index (χ0) is 21.5. The Balaban J connectivity index is 1.70. The molecule has 0 saturated carbocycles. The van der Waals surface area contributed by atoms with Gasteiger partial charge in [-0.15, -0.1) is 20.5 Å². The minimum atomic E-state index is -0.0456. The summed E-state index contributed by atoms with van der Waals surface area (Å²) in [6.45, 7) is 7.91. The number of nitrogens with zero attached hydrogens (tertiary/aromatic N) is 3. The monoisotopic (exact) mass is 448 g/mol. The van der Waals surface area contributed by atoms with Crippen LogP contribution in [0.2, 0.25) is 4.34 Å². The maximum Gasteiger partial charge on any atom is 0.246 e. The van der Waals surface area contributed by atoms with Gasteiger partial charge >= 0.3 is 0 Å². The molecule has 0 bridgehead atoms. The Bertz CT molecular complexity index is 1310. The van der Waals surface area contributed by atoms with Crippen molar-refractivity contribution >= 4 is 34.4 Å². The molecule has 0 fully saturated rings. The van der Waals surface area contributed by atoms with Crippen LogP contribution >= 0.6 is 22.9 Å². The molecule has 0 N–H and O–H groups in total. The van der Waals surface area contributed by atoms with Crippen molar-refractivity contribution in [2.75, 3.05) is 6.54 Å². The van der Waals surface area contributed by atoms with E-state index in [0.29, 0.717) is 13.1 Å². The Kier molecular flexibility index (Phi) is 5.16. The standard InChI is InChI=1S/C25H23ClN3OS/c1-3-25(30)27-14-20(19-13-24(26)31-23(19)16-27)17-9-5-6-10-18(17)21-15-28(4-2)29-12-8-7-11-22(21)29/h3,5-13,15,20H,1,4,14,16H2,2H3/q+1/t20-/m0/s1. The third-order valence-corrected chi connectivity index (χ3v) is 7.30. The first-order valence-corrected chi connectivity index (χ1v) is 11.6. The van der Waals surface area contributed by atoms with Crippen LogP contribution in [0.3, 0.4) is 0 Å². The lowest BCUT2D eigenvalue weighted by molar-refractivity contribution is -0.757. The Morgan fingerprint density at radius 3 is 2.84 bits per heavy atom. The van der Waals surface area contributed by atoms with Crippen molar-refractivity contribution in [1.29, 1.82) is 0 Å². The molecule has 4 aromatic rings. The number of halogens is 1. The lowest BCUT2D eigenvalue weighted by atomic mass is 9.84. The molecule has 4 nitrogen and oxygen atoms in total. The van der Waals surface area contributed by atoms with Gasteiger partial charge in [0, 0.05) is 17.3 Å². The third-order valence-electron chi connectivity index (χ3n) is 6.03. The molecule has 6 heteroatoms. The predicted molar refractivity (Wildman–Crippen MR) is 125 cm³/mol. The number of amides is 1. The molecule has 4 heterocycles. The van der Waals surface area contributed by atoms with E-state index < -0.39 is 0 Å². The summed E-state index contributed by atoms with van der Waals surface area (Å²) in [7, 11) is 0. The van der Waals surface area contributed by atoms with Crippen LogP contribution in [-0.4, -0.2) is 21.9 Å². The van der Waals surface area contributed by atoms with E-state index in [1.54, 1.807) is 11.3 Å². The smallest absolute Gasteiger partial charge is 0.246 e. The number of carbonyl (C=O) groups excluding carboxylic acids is 1. The number of pyridine rings is 1. The molecule has 0 radical (unpaired) electrons. The number of aromatic nitrogens is 2. The first-order valence-electron chi connectivity index (χ1n) is 10.4. The molecule has 1 aliphatic heterocycles. The Morgan fingerprint density at radius 2 is 2.03 bits per heavy atom. The molecule has 1 atom stereocenters. The van der Waals surface area contributed by atoms with Crippen LogP contribution in [0, 0.1) is 0 Å². The van der Waals surface area contributed by atoms with Crippen LogP contribution in [0.1, 0.15) is 28.8 Å². The van der Waals surface area contributed by atoms with Crippen LogP contribution in [-0.2, 0) is 17.9 Å². The van der Waals surface area contributed by atoms with Gasteiger partial charge in [0.1, 0.15) is 5.52 Å². The summed E-state index contributed by atoms with van der Waals surface area (Å²) in [5.74, 6) is 0.0112. The number of aryl methyl sites for hydroxylation is 1. The average molecular weight is 449 g/mol. The maximum atomic E-state index is 12.5. The SMILES string of the molecule is C=CC(=O)N1Cc2sc(Cl)cc2[C@H](c2ccccc2-c2c[n+](CC)n3ccccc23)C1. The van der Waals surface area contributed by atoms with E-state index in [1.165, 1.54) is 28.3 Å². The van der Waals surface area contributed by atoms with Gasteiger partial charge in [0.2, 0.25) is 12.1 Å². The molecule has 1 aromatic carbocycles. The molecule has 0 saturated heterocycles. The van der Waals surface area contributed by atoms with E-state index in [0.717, 1.165) is 21.3 Å². The van der Waals surface area contributed by atoms with Gasteiger partial charge < -0.3 is 4.90 Å². The highest BCUT2D eigenvalue weighted by Gasteiger charge is 2.32. The summed E-state index contributed by atoms with van der Waals surface area (Å²) in [5, 5.41) is 0. The van der Waals surface area contributed by atoms with Gasteiger partial charge in [-0.05, 0) is 47.9 Å². The molecular formula is C25H23ClN3OS+. The molecule has 1 aliphatic rings. The van der Waals surface area contributed by atoms with Crippen LogP contribution in [0.5, 0.6) is 0 Å². The van der Waals surface area contributed by atoms with E-state index in [4.69, 9.17) is 11.6 Å². The van der Waals surface area contributed by atoms with Gasteiger partial charge in [-0.1, -0.05) is 48.5 Å². The van der Waals surface area contributed by atoms with Crippen molar-refractivity contribution in [3.05, 3.63) is 93.9 Å². The summed E-state index contributed by atoms with van der Waals surface area (Å²) in [5.41, 5.74) is 5.97. The van der Waals surface area contributed by atoms with Gasteiger partial charge in [0.05, 0.1) is 22.6 Å². The fraction of sp³-hybridized carbons (Fsp3) is 0.200. The Hall–Kier alpha value is -2.89. The van der Waals surface area contributed by atoms with E-state index in [9.17, 15) is 4.79 Å². The van der Waals surface area contributed by atoms with Gasteiger partial charge in [-0.2, -0.15) is 0 Å². The number of thiophene rings is 1. The van der Waals surface area contributed by atoms with Crippen LogP contribution in [0.4, 0.5) is 0 Å². The van der Waals surface area contributed by atoms with Crippen molar-refractivity contribution in [2.45, 2.75) is 25.9 Å². The molecule has 0 spiro atoms. The molecule has 0 unspecified atom stereocenters. The third kappa shape index (κ3) is 3.38. The first-order chi connectivity index (χ1) is 15.1. The summed E-state index contributed by atoms with van der Waals surface area (Å²) in [6.07, 6.45) is 5.70. The van der Waals surface area contributed by atoms with Gasteiger partial charge in [0.25, 0.3) is 0 Å². The minimum Gasteiger partial charge on any atom is -0.333 e. The number of hydrogen-bond donors (Lipinski definition) is 0. The summed E-state index contributed by atoms with van der Waals surface area (Å²) in [6, 6.07) is 16.9. The second kappa shape index (κ2) is 7.98. The van der Waals surface area contributed by atoms with E-state index in [2.05, 4.69) is 77.6 Å². The molecule has 5 rings (SSSR count). The fourth-order valence-corrected chi connectivity index (χ4v) is 5.95. The average Bonchev–Trinajstić information content (AvgIpc) is 3.37. The topological polar surface area (TPSA) is 28.6 Å². The summed E-state index contributed by atoms with van der Waals surface area (Å²) < 4.78 is 5.16. The van der Waals surface area contributed by atoms with Gasteiger partial charge in [0.15, 0.2) is 6.54 Å². The van der Waals surface area contributed by atoms with Crippen molar-refractivity contribution in [2.24, 2.45) is 0 Å². The predicted octanol–water partition coefficient (Wildman–Crippen LogP) is 5.29. The van der Waals surface area contributed by atoms with E-state index in [-0.39, 0.29) is 11.8 Å². The Morgan fingerprint density at radius 1 is 1.23 bits per heavy atom. The molecular weight excluding hydrogens is 426 g/mol. The molecule has 156 valence electrons. The molecule has 3 aromatic heterocycles. The molecule has 0 aliphatic carbocycles. The second-order valence-corrected chi connectivity index (χ2v) is 9.49. The zero-order valence-corrected chi connectivity index (χ0v) is 18.9. The van der Waals surface area contributed by atoms with Gasteiger partial charge in [-0.25, -0.2) is 0 Å². The second-order valence-electron chi connectivity index (χ2n) is 7.72. The maximum absolute atomic E-state index is 12.5. The van der Waals surface area contributed by atoms with E-state index in [1.807, 2.05) is 11.0 Å². The fourth-order valence-electron chi connectivity index (χ4n) is 4.59. The number of carbonyl (C=O) groups is 1. The van der Waals surface area contributed by atoms with Crippen molar-refractivity contribution in [1.82, 2.24) is 9.42 Å². The lowest BCUT2D eigenvalue weighted by Crippen LogP contribution is -2.37. The zero-order valence-electron chi connectivity index (χ0n) is 17.3. The highest BCUT2D eigenvalue weighted by Crippen LogP contribution is 2.43. The lowest BCUT2D eigenvalue weighted by Gasteiger charge is -2.33. The summed E-state index contributed by atoms with van der Waals surface area (Å²) in [4.78, 5) is 15.5. The molecule has 31 heavy (non-hydrogen) atoms. The van der Waals surface area contributed by atoms with Crippen LogP contribution in [0.15, 0.2) is 73.6 Å². The number of benzene rings is 1. The number of hydrogen-bond acceptors (Lipinski definition) is 2. The van der Waals surface area contributed by atoms with E-state index >= 15 is 0 Å². The normalized spacial score (nSPS) is 15.8. The minimum absolute atomic E-state index is 0.0456. The number of fused-ring (bicyclic) bond motifs is 2. The molecule has 1 amide bonds. The highest BCUT2D eigenvalue weighted by atomic mass is 35.5. The summed E-state index contributed by atoms with van der Waals surface area (Å²) >= 11 is 7.97. The first kappa shape index (κ1) is 20.0. The Labute approximate surface area is 190 Å². The van der Waals surface area contributed by atoms with Gasteiger partial charge in [-0.3, -0.25) is 4.79 Å². The van der Waals surface area contributed by atoms with Crippen LogP contribution in [0.25, 0.3) is 16.6 Å². The van der Waals surface area contributed by atoms with Crippen molar-refractivity contribution in [3.8, 4) is 11.1 Å². The highest BCUT2D eigenvalue weighted by molar-refractivity contribution is 7.16. The van der Waals surface area contributed by atoms with Crippen molar-refractivity contribution in [3.63, 3.8) is 0 Å². The van der Waals surface area contributed by atoms with Crippen LogP contribution < -0.4 is 4.68 Å². The number of rotatable bonds is 4. The van der Waals surface area contributed by atoms with Crippen molar-refractivity contribution < 1.29 is 9.48 Å². The quantitative estimate of drug-likeness (QED) is 0.308.